The average Bonchev–Trinajstić information content (AvgIpc) is 2.27. The second-order valence-corrected chi connectivity index (χ2v) is 4.10. The van der Waals surface area contributed by atoms with Crippen molar-refractivity contribution < 1.29 is 9.53 Å². The van der Waals surface area contributed by atoms with Crippen LogP contribution in [0.15, 0.2) is 18.2 Å². The predicted octanol–water partition coefficient (Wildman–Crippen LogP) is 3.30. The van der Waals surface area contributed by atoms with E-state index in [1.807, 2.05) is 32.0 Å². The molecule has 0 aromatic heterocycles. The molecule has 0 aliphatic carbocycles. The highest BCUT2D eigenvalue weighted by Gasteiger charge is 2.08. The summed E-state index contributed by atoms with van der Waals surface area (Å²) in [6.45, 7) is 7.30. The topological polar surface area (TPSA) is 26.3 Å². The molecule has 0 spiro atoms. The molecule has 0 atom stereocenters. The second-order valence-electron chi connectivity index (χ2n) is 4.10. The van der Waals surface area contributed by atoms with Crippen LogP contribution < -0.4 is 0 Å². The highest BCUT2D eigenvalue weighted by molar-refractivity contribution is 5.97. The van der Waals surface area contributed by atoms with Crippen molar-refractivity contribution in [2.75, 3.05) is 13.2 Å². The van der Waals surface area contributed by atoms with Crippen LogP contribution in [0.1, 0.15) is 41.3 Å². The Morgan fingerprint density at radius 1 is 1.25 bits per heavy atom. The van der Waals surface area contributed by atoms with Gasteiger partial charge in [-0.1, -0.05) is 24.6 Å². The molecule has 0 aliphatic rings. The highest BCUT2D eigenvalue weighted by atomic mass is 16.5. The zero-order valence-corrected chi connectivity index (χ0v) is 10.4. The standard InChI is InChI=1S/C14H20O2/c1-4-8-16-9-7-14(15)13-10-11(2)5-6-12(13)3/h5-6,10H,4,7-9H2,1-3H3. The van der Waals surface area contributed by atoms with Gasteiger partial charge < -0.3 is 4.74 Å². The lowest BCUT2D eigenvalue weighted by atomic mass is 10.0. The normalized spacial score (nSPS) is 10.4. The molecule has 0 fully saturated rings. The summed E-state index contributed by atoms with van der Waals surface area (Å²) >= 11 is 0. The maximum Gasteiger partial charge on any atom is 0.165 e. The quantitative estimate of drug-likeness (QED) is 0.543. The minimum atomic E-state index is 0.178. The van der Waals surface area contributed by atoms with Crippen LogP contribution in [0.4, 0.5) is 0 Å². The van der Waals surface area contributed by atoms with Gasteiger partial charge in [-0.3, -0.25) is 4.79 Å². The molecule has 0 bridgehead atoms. The third kappa shape index (κ3) is 3.78. The maximum atomic E-state index is 11.9. The van der Waals surface area contributed by atoms with E-state index in [0.29, 0.717) is 13.0 Å². The van der Waals surface area contributed by atoms with Crippen LogP contribution in [0.2, 0.25) is 0 Å². The van der Waals surface area contributed by atoms with Gasteiger partial charge in [0.25, 0.3) is 0 Å². The van der Waals surface area contributed by atoms with Gasteiger partial charge in [0, 0.05) is 18.6 Å². The number of ketones is 1. The molecule has 0 heterocycles. The van der Waals surface area contributed by atoms with E-state index in [4.69, 9.17) is 4.74 Å². The molecule has 0 saturated carbocycles. The van der Waals surface area contributed by atoms with Gasteiger partial charge in [-0.2, -0.15) is 0 Å². The van der Waals surface area contributed by atoms with E-state index >= 15 is 0 Å². The zero-order chi connectivity index (χ0) is 12.0. The van der Waals surface area contributed by atoms with E-state index < -0.39 is 0 Å². The van der Waals surface area contributed by atoms with Gasteiger partial charge in [-0.25, -0.2) is 0 Å². The van der Waals surface area contributed by atoms with Crippen molar-refractivity contribution in [3.8, 4) is 0 Å². The summed E-state index contributed by atoms with van der Waals surface area (Å²) in [6, 6.07) is 5.98. The summed E-state index contributed by atoms with van der Waals surface area (Å²) in [4.78, 5) is 11.9. The van der Waals surface area contributed by atoms with Crippen LogP contribution in [0.5, 0.6) is 0 Å². The smallest absolute Gasteiger partial charge is 0.165 e. The first-order chi connectivity index (χ1) is 7.65. The Kier molecular flexibility index (Phi) is 5.20. The summed E-state index contributed by atoms with van der Waals surface area (Å²) in [6.07, 6.45) is 1.47. The van der Waals surface area contributed by atoms with Crippen LogP contribution in [0, 0.1) is 13.8 Å². The Morgan fingerprint density at radius 2 is 2.00 bits per heavy atom. The Balaban J connectivity index is 2.55. The summed E-state index contributed by atoms with van der Waals surface area (Å²) in [5.74, 6) is 0.178. The van der Waals surface area contributed by atoms with Gasteiger partial charge in [0.2, 0.25) is 0 Å². The fourth-order valence-corrected chi connectivity index (χ4v) is 1.58. The second kappa shape index (κ2) is 6.44. The minimum absolute atomic E-state index is 0.178. The summed E-state index contributed by atoms with van der Waals surface area (Å²) in [5.41, 5.74) is 3.01. The van der Waals surface area contributed by atoms with E-state index in [0.717, 1.165) is 29.7 Å². The third-order valence-electron chi connectivity index (χ3n) is 2.52. The number of Topliss-reactive ketones (excluding diaryl/α,β-unsaturated/α-hetero) is 1. The molecule has 0 amide bonds. The number of aryl methyl sites for hydroxylation is 2. The van der Waals surface area contributed by atoms with Gasteiger partial charge in [0.05, 0.1) is 6.61 Å². The fraction of sp³-hybridized carbons (Fsp3) is 0.500. The largest absolute Gasteiger partial charge is 0.381 e. The van der Waals surface area contributed by atoms with Crippen molar-refractivity contribution in [1.29, 1.82) is 0 Å². The van der Waals surface area contributed by atoms with Crippen molar-refractivity contribution in [3.05, 3.63) is 34.9 Å². The fourth-order valence-electron chi connectivity index (χ4n) is 1.58. The molecule has 88 valence electrons. The Labute approximate surface area is 97.6 Å². The van der Waals surface area contributed by atoms with E-state index in [2.05, 4.69) is 6.92 Å². The average molecular weight is 220 g/mol. The lowest BCUT2D eigenvalue weighted by molar-refractivity contribution is 0.0878. The number of benzene rings is 1. The lowest BCUT2D eigenvalue weighted by Gasteiger charge is -2.06. The Bertz CT molecular complexity index is 356. The SMILES string of the molecule is CCCOCCC(=O)c1cc(C)ccc1C. The minimum Gasteiger partial charge on any atom is -0.381 e. The monoisotopic (exact) mass is 220 g/mol. The van der Waals surface area contributed by atoms with Gasteiger partial charge in [0.15, 0.2) is 5.78 Å². The molecule has 2 nitrogen and oxygen atoms in total. The van der Waals surface area contributed by atoms with Gasteiger partial charge >= 0.3 is 0 Å². The van der Waals surface area contributed by atoms with Crippen molar-refractivity contribution in [2.24, 2.45) is 0 Å². The first-order valence-electron chi connectivity index (χ1n) is 5.83. The van der Waals surface area contributed by atoms with E-state index in [1.165, 1.54) is 0 Å². The number of carbonyl (C=O) groups is 1. The molecular formula is C14H20O2. The molecule has 16 heavy (non-hydrogen) atoms. The Hall–Kier alpha value is -1.15. The van der Waals surface area contributed by atoms with E-state index in [-0.39, 0.29) is 5.78 Å². The third-order valence-corrected chi connectivity index (χ3v) is 2.52. The molecule has 1 aromatic rings. The zero-order valence-electron chi connectivity index (χ0n) is 10.4. The van der Waals surface area contributed by atoms with Crippen LogP contribution in [0.25, 0.3) is 0 Å². The van der Waals surface area contributed by atoms with Gasteiger partial charge in [0.1, 0.15) is 0 Å². The van der Waals surface area contributed by atoms with Gasteiger partial charge in [-0.15, -0.1) is 0 Å². The number of carbonyl (C=O) groups excluding carboxylic acids is 1. The number of ether oxygens (including phenoxy) is 1. The summed E-state index contributed by atoms with van der Waals surface area (Å²) in [7, 11) is 0. The number of rotatable bonds is 6. The number of hydrogen-bond donors (Lipinski definition) is 0. The van der Waals surface area contributed by atoms with Crippen molar-refractivity contribution in [3.63, 3.8) is 0 Å². The molecule has 1 rings (SSSR count). The molecular weight excluding hydrogens is 200 g/mol. The Morgan fingerprint density at radius 3 is 2.69 bits per heavy atom. The van der Waals surface area contributed by atoms with E-state index in [9.17, 15) is 4.79 Å². The molecule has 1 aromatic carbocycles. The highest BCUT2D eigenvalue weighted by Crippen LogP contribution is 2.12. The van der Waals surface area contributed by atoms with Crippen LogP contribution in [-0.4, -0.2) is 19.0 Å². The van der Waals surface area contributed by atoms with Crippen LogP contribution in [0.3, 0.4) is 0 Å². The first-order valence-corrected chi connectivity index (χ1v) is 5.83. The van der Waals surface area contributed by atoms with Crippen LogP contribution in [-0.2, 0) is 4.74 Å². The van der Waals surface area contributed by atoms with Crippen LogP contribution >= 0.6 is 0 Å². The van der Waals surface area contributed by atoms with Crippen molar-refractivity contribution in [2.45, 2.75) is 33.6 Å². The molecule has 2 heteroatoms. The molecule has 0 aliphatic heterocycles. The molecule has 0 N–H and O–H groups in total. The molecule has 0 radical (unpaired) electrons. The molecule has 0 unspecified atom stereocenters. The molecule has 0 saturated heterocycles. The number of hydrogen-bond acceptors (Lipinski definition) is 2. The van der Waals surface area contributed by atoms with Crippen molar-refractivity contribution in [1.82, 2.24) is 0 Å². The van der Waals surface area contributed by atoms with Gasteiger partial charge in [-0.05, 0) is 31.9 Å². The predicted molar refractivity (Wildman–Crippen MR) is 66.0 cm³/mol. The van der Waals surface area contributed by atoms with Crippen molar-refractivity contribution >= 4 is 5.78 Å². The first kappa shape index (κ1) is 12.9. The summed E-state index contributed by atoms with van der Waals surface area (Å²) in [5, 5.41) is 0. The lowest BCUT2D eigenvalue weighted by Crippen LogP contribution is -2.07. The summed E-state index contributed by atoms with van der Waals surface area (Å²) < 4.78 is 5.32. The van der Waals surface area contributed by atoms with E-state index in [1.54, 1.807) is 0 Å². The maximum absolute atomic E-state index is 11.9.